The summed E-state index contributed by atoms with van der Waals surface area (Å²) < 4.78 is 11.9. The third-order valence-corrected chi connectivity index (χ3v) is 3.99. The highest BCUT2D eigenvalue weighted by Gasteiger charge is 2.14. The SMILES string of the molecule is [O-]OOSCCC[n+]1coc2ccc(-c3ccccc3)cc21. The van der Waals surface area contributed by atoms with Crippen LogP contribution in [0.2, 0.25) is 0 Å². The minimum absolute atomic E-state index is 0.667. The first kappa shape index (κ1) is 15.1. The first-order valence-electron chi connectivity index (χ1n) is 6.93. The van der Waals surface area contributed by atoms with Crippen LogP contribution >= 0.6 is 12.0 Å². The molecule has 114 valence electrons. The maximum absolute atomic E-state index is 9.71. The Morgan fingerprint density at radius 2 is 1.95 bits per heavy atom. The van der Waals surface area contributed by atoms with Gasteiger partial charge in [-0.3, -0.25) is 5.04 Å². The van der Waals surface area contributed by atoms with E-state index in [-0.39, 0.29) is 0 Å². The zero-order valence-corrected chi connectivity index (χ0v) is 12.6. The Balaban J connectivity index is 1.77. The molecule has 0 saturated carbocycles. The van der Waals surface area contributed by atoms with Crippen molar-refractivity contribution in [3.05, 3.63) is 54.9 Å². The van der Waals surface area contributed by atoms with E-state index in [1.165, 1.54) is 5.56 Å². The van der Waals surface area contributed by atoms with Gasteiger partial charge in [0, 0.05) is 30.3 Å². The second kappa shape index (κ2) is 7.42. The Morgan fingerprint density at radius 1 is 1.09 bits per heavy atom. The van der Waals surface area contributed by atoms with Crippen molar-refractivity contribution in [2.24, 2.45) is 0 Å². The molecule has 0 aliphatic heterocycles. The van der Waals surface area contributed by atoms with Crippen molar-refractivity contribution in [1.29, 1.82) is 0 Å². The Morgan fingerprint density at radius 3 is 2.77 bits per heavy atom. The lowest BCUT2D eigenvalue weighted by molar-refractivity contribution is -0.777. The van der Waals surface area contributed by atoms with Crippen LogP contribution in [0.15, 0.2) is 59.3 Å². The molecule has 0 amide bonds. The molecule has 0 saturated heterocycles. The molecule has 0 spiro atoms. The summed E-state index contributed by atoms with van der Waals surface area (Å²) in [6.07, 6.45) is 2.55. The first-order chi connectivity index (χ1) is 10.9. The van der Waals surface area contributed by atoms with Crippen LogP contribution in [-0.2, 0) is 15.9 Å². The quantitative estimate of drug-likeness (QED) is 0.220. The lowest BCUT2D eigenvalue weighted by atomic mass is 10.1. The van der Waals surface area contributed by atoms with E-state index >= 15 is 0 Å². The number of hydrogen-bond donors (Lipinski definition) is 0. The number of aromatic nitrogens is 1. The Hall–Kier alpha value is -1.86. The third kappa shape index (κ3) is 3.48. The largest absolute Gasteiger partial charge is 0.691 e. The monoisotopic (exact) mass is 317 g/mol. The van der Waals surface area contributed by atoms with Gasteiger partial charge in [-0.2, -0.15) is 8.90 Å². The van der Waals surface area contributed by atoms with Gasteiger partial charge in [-0.05, 0) is 17.2 Å². The van der Waals surface area contributed by atoms with E-state index in [1.54, 1.807) is 6.39 Å². The summed E-state index contributed by atoms with van der Waals surface area (Å²) in [4.78, 5) is 0. The molecule has 5 nitrogen and oxygen atoms in total. The van der Waals surface area contributed by atoms with Gasteiger partial charge in [0.1, 0.15) is 0 Å². The minimum Gasteiger partial charge on any atom is -0.691 e. The number of rotatable bonds is 7. The average Bonchev–Trinajstić information content (AvgIpc) is 2.98. The molecule has 22 heavy (non-hydrogen) atoms. The van der Waals surface area contributed by atoms with Gasteiger partial charge in [-0.15, -0.1) is 0 Å². The molecular weight excluding hydrogens is 302 g/mol. The van der Waals surface area contributed by atoms with Crippen molar-refractivity contribution in [2.75, 3.05) is 5.75 Å². The number of aryl methyl sites for hydroxylation is 1. The van der Waals surface area contributed by atoms with Crippen LogP contribution in [0.5, 0.6) is 0 Å². The summed E-state index contributed by atoms with van der Waals surface area (Å²) >= 11 is 1.00. The highest BCUT2D eigenvalue weighted by Crippen LogP contribution is 2.23. The van der Waals surface area contributed by atoms with Crippen LogP contribution in [0, 0.1) is 0 Å². The van der Waals surface area contributed by atoms with Crippen molar-refractivity contribution >= 4 is 23.1 Å². The summed E-state index contributed by atoms with van der Waals surface area (Å²) in [6, 6.07) is 16.4. The van der Waals surface area contributed by atoms with Crippen LogP contribution in [0.3, 0.4) is 0 Å². The second-order valence-corrected chi connectivity index (χ2v) is 5.56. The van der Waals surface area contributed by atoms with E-state index in [4.69, 9.17) is 4.42 Å². The summed E-state index contributed by atoms with van der Waals surface area (Å²) in [5.74, 6) is 0.667. The predicted octanol–water partition coefficient (Wildman–Crippen LogP) is 2.65. The average molecular weight is 317 g/mol. The maximum atomic E-state index is 9.71. The van der Waals surface area contributed by atoms with Gasteiger partial charge in [0.25, 0.3) is 5.52 Å². The molecule has 0 atom stereocenters. The normalized spacial score (nSPS) is 11.1. The Kier molecular flexibility index (Phi) is 5.07. The van der Waals surface area contributed by atoms with E-state index in [2.05, 4.69) is 38.2 Å². The zero-order chi connectivity index (χ0) is 15.2. The van der Waals surface area contributed by atoms with Crippen LogP contribution in [-0.4, -0.2) is 5.75 Å². The summed E-state index contributed by atoms with van der Waals surface area (Å²) in [7, 11) is 0. The fourth-order valence-corrected chi connectivity index (χ4v) is 2.70. The number of hydrogen-bond acceptors (Lipinski definition) is 5. The fourth-order valence-electron chi connectivity index (χ4n) is 2.35. The number of oxazole rings is 1. The van der Waals surface area contributed by atoms with Crippen LogP contribution in [0.25, 0.3) is 22.2 Å². The minimum atomic E-state index is 0.667. The third-order valence-electron chi connectivity index (χ3n) is 3.38. The molecular formula is C16H15NO4S. The van der Waals surface area contributed by atoms with E-state index in [1.807, 2.05) is 24.3 Å². The van der Waals surface area contributed by atoms with E-state index in [0.29, 0.717) is 5.75 Å². The zero-order valence-electron chi connectivity index (χ0n) is 11.8. The Labute approximate surface area is 132 Å². The molecule has 6 heteroatoms. The molecule has 3 aromatic rings. The van der Waals surface area contributed by atoms with Crippen molar-refractivity contribution < 1.29 is 23.6 Å². The second-order valence-electron chi connectivity index (χ2n) is 4.78. The molecule has 2 aromatic carbocycles. The number of fused-ring (bicyclic) bond motifs is 1. The van der Waals surface area contributed by atoms with Crippen molar-refractivity contribution in [1.82, 2.24) is 0 Å². The predicted molar refractivity (Wildman–Crippen MR) is 81.1 cm³/mol. The molecule has 3 rings (SSSR count). The molecule has 0 fully saturated rings. The lowest BCUT2D eigenvalue weighted by Crippen LogP contribution is -2.31. The van der Waals surface area contributed by atoms with Crippen molar-refractivity contribution in [2.45, 2.75) is 13.0 Å². The van der Waals surface area contributed by atoms with Gasteiger partial charge >= 0.3 is 6.39 Å². The van der Waals surface area contributed by atoms with Gasteiger partial charge in [-0.1, -0.05) is 36.4 Å². The Bertz CT molecular complexity index is 729. The summed E-state index contributed by atoms with van der Waals surface area (Å²) in [5, 5.41) is 13.0. The maximum Gasteiger partial charge on any atom is 0.335 e. The van der Waals surface area contributed by atoms with E-state index < -0.39 is 0 Å². The van der Waals surface area contributed by atoms with Gasteiger partial charge < -0.3 is 9.67 Å². The number of benzene rings is 2. The molecule has 1 aromatic heterocycles. The number of nitrogens with zero attached hydrogens (tertiary/aromatic N) is 1. The molecule has 1 heterocycles. The topological polar surface area (TPSA) is 58.5 Å². The van der Waals surface area contributed by atoms with Crippen LogP contribution in [0.1, 0.15) is 6.42 Å². The van der Waals surface area contributed by atoms with Gasteiger partial charge in [0.2, 0.25) is 5.58 Å². The van der Waals surface area contributed by atoms with Crippen molar-refractivity contribution in [3.63, 3.8) is 0 Å². The molecule has 0 bridgehead atoms. The standard InChI is InChI=1S/C16H15NO4S/c18-20-21-22-10-4-9-17-12-19-16-8-7-14(11-15(16)17)13-5-2-1-3-6-13/h1-3,5-8,11-12H,4,9-10H2. The van der Waals surface area contributed by atoms with Crippen LogP contribution < -0.4 is 9.82 Å². The summed E-state index contributed by atoms with van der Waals surface area (Å²) in [6.45, 7) is 0.778. The smallest absolute Gasteiger partial charge is 0.335 e. The fraction of sp³-hybridized carbons (Fsp3) is 0.188. The molecule has 0 unspecified atom stereocenters. The molecule has 0 aliphatic rings. The molecule has 0 N–H and O–H groups in total. The lowest BCUT2D eigenvalue weighted by Gasteiger charge is -2.02. The highest BCUT2D eigenvalue weighted by molar-refractivity contribution is 7.94. The van der Waals surface area contributed by atoms with Gasteiger partial charge in [0.15, 0.2) is 6.54 Å². The van der Waals surface area contributed by atoms with Gasteiger partial charge in [-0.25, -0.2) is 0 Å². The van der Waals surface area contributed by atoms with E-state index in [0.717, 1.165) is 41.7 Å². The van der Waals surface area contributed by atoms with Crippen molar-refractivity contribution in [3.8, 4) is 11.1 Å². The molecule has 0 radical (unpaired) electrons. The van der Waals surface area contributed by atoms with E-state index in [9.17, 15) is 5.26 Å². The first-order valence-corrected chi connectivity index (χ1v) is 7.84. The summed E-state index contributed by atoms with van der Waals surface area (Å²) in [5.41, 5.74) is 4.23. The van der Waals surface area contributed by atoms with Crippen LogP contribution in [0.4, 0.5) is 0 Å². The van der Waals surface area contributed by atoms with Gasteiger partial charge in [0.05, 0.1) is 0 Å². The highest BCUT2D eigenvalue weighted by atomic mass is 32.2. The molecule has 0 aliphatic carbocycles.